The highest BCUT2D eigenvalue weighted by atomic mass is 32.2. The van der Waals surface area contributed by atoms with Gasteiger partial charge in [0.1, 0.15) is 18.0 Å². The topological polar surface area (TPSA) is 102 Å². The molecule has 3 heterocycles. The number of aromatic nitrogens is 2. The Morgan fingerprint density at radius 2 is 1.96 bits per heavy atom. The van der Waals surface area contributed by atoms with Gasteiger partial charge in [0.25, 0.3) is 0 Å². The summed E-state index contributed by atoms with van der Waals surface area (Å²) in [5.74, 6) is 3.15. The first-order valence-corrected chi connectivity index (χ1v) is 9.81. The summed E-state index contributed by atoms with van der Waals surface area (Å²) in [6.07, 6.45) is 2.06. The molecule has 0 bridgehead atoms. The zero-order valence-corrected chi connectivity index (χ0v) is 14.3. The lowest BCUT2D eigenvalue weighted by atomic mass is 10.2. The van der Waals surface area contributed by atoms with Crippen LogP contribution in [0.3, 0.4) is 0 Å². The largest absolute Gasteiger partial charge is 0.454 e. The molecule has 9 heteroatoms. The maximum absolute atomic E-state index is 11.5. The number of nitrogens with zero attached hydrogens (tertiary/aromatic N) is 2. The number of hydrogen-bond donors (Lipinski definition) is 2. The molecule has 2 aromatic rings. The summed E-state index contributed by atoms with van der Waals surface area (Å²) in [6.45, 7) is 0.828. The minimum atomic E-state index is -2.92. The fourth-order valence-electron chi connectivity index (χ4n) is 2.89. The van der Waals surface area contributed by atoms with Crippen molar-refractivity contribution in [3.05, 3.63) is 36.2 Å². The lowest BCUT2D eigenvalue weighted by Gasteiger charge is -2.12. The monoisotopic (exact) mass is 362 g/mol. The molecule has 4 rings (SSSR count). The highest BCUT2D eigenvalue weighted by Crippen LogP contribution is 2.32. The fourth-order valence-corrected chi connectivity index (χ4v) is 4.57. The molecule has 132 valence electrons. The van der Waals surface area contributed by atoms with E-state index in [1.807, 2.05) is 18.2 Å². The second-order valence-corrected chi connectivity index (χ2v) is 8.30. The first-order chi connectivity index (χ1) is 12.1. The Bertz CT molecular complexity index is 887. The van der Waals surface area contributed by atoms with Crippen LogP contribution < -0.4 is 20.1 Å². The van der Waals surface area contributed by atoms with Crippen LogP contribution >= 0.6 is 0 Å². The summed E-state index contributed by atoms with van der Waals surface area (Å²) in [6, 6.07) is 7.45. The summed E-state index contributed by atoms with van der Waals surface area (Å²) in [5, 5.41) is 6.39. The minimum absolute atomic E-state index is 0.0957. The summed E-state index contributed by atoms with van der Waals surface area (Å²) in [5.41, 5.74) is 1.04. The van der Waals surface area contributed by atoms with Gasteiger partial charge in [-0.1, -0.05) is 6.07 Å². The Morgan fingerprint density at radius 3 is 2.80 bits per heavy atom. The average Bonchev–Trinajstić information content (AvgIpc) is 3.18. The van der Waals surface area contributed by atoms with Gasteiger partial charge in [0, 0.05) is 18.7 Å². The normalized spacial score (nSPS) is 20.4. The van der Waals surface area contributed by atoms with Crippen molar-refractivity contribution in [1.82, 2.24) is 9.97 Å². The van der Waals surface area contributed by atoms with Crippen molar-refractivity contribution < 1.29 is 17.9 Å². The first-order valence-electron chi connectivity index (χ1n) is 7.99. The van der Waals surface area contributed by atoms with Crippen molar-refractivity contribution >= 4 is 21.5 Å². The maximum atomic E-state index is 11.5. The van der Waals surface area contributed by atoms with Crippen molar-refractivity contribution in [2.45, 2.75) is 19.0 Å². The van der Waals surface area contributed by atoms with Crippen molar-refractivity contribution in [2.24, 2.45) is 0 Å². The third-order valence-corrected chi connectivity index (χ3v) is 5.93. The van der Waals surface area contributed by atoms with Crippen LogP contribution in [0.15, 0.2) is 30.6 Å². The Kier molecular flexibility index (Phi) is 4.08. The van der Waals surface area contributed by atoms with Crippen molar-refractivity contribution in [3.8, 4) is 11.5 Å². The van der Waals surface area contributed by atoms with Gasteiger partial charge in [-0.05, 0) is 24.1 Å². The van der Waals surface area contributed by atoms with E-state index in [1.54, 1.807) is 6.07 Å². The predicted octanol–water partition coefficient (Wildman–Crippen LogP) is 1.42. The minimum Gasteiger partial charge on any atom is -0.454 e. The van der Waals surface area contributed by atoms with E-state index in [9.17, 15) is 8.42 Å². The number of ether oxygens (including phenoxy) is 2. The van der Waals surface area contributed by atoms with Gasteiger partial charge in [0.15, 0.2) is 21.3 Å². The summed E-state index contributed by atoms with van der Waals surface area (Å²) >= 11 is 0. The Labute approximate surface area is 145 Å². The van der Waals surface area contributed by atoms with Crippen LogP contribution in [0.4, 0.5) is 11.6 Å². The molecular weight excluding hydrogens is 344 g/mol. The van der Waals surface area contributed by atoms with Crippen LogP contribution in [-0.2, 0) is 16.4 Å². The molecule has 1 unspecified atom stereocenters. The van der Waals surface area contributed by atoms with Crippen molar-refractivity contribution in [2.75, 3.05) is 28.9 Å². The number of sulfone groups is 1. The smallest absolute Gasteiger partial charge is 0.231 e. The molecule has 0 amide bonds. The third kappa shape index (κ3) is 3.76. The molecule has 2 aliphatic rings. The van der Waals surface area contributed by atoms with Crippen molar-refractivity contribution in [1.29, 1.82) is 0 Å². The molecule has 0 saturated carbocycles. The maximum Gasteiger partial charge on any atom is 0.231 e. The number of nitrogens with one attached hydrogen (secondary N) is 2. The molecular formula is C16H18N4O4S. The lowest BCUT2D eigenvalue weighted by Crippen LogP contribution is -2.21. The average molecular weight is 362 g/mol. The number of anilines is 2. The number of rotatable bonds is 5. The van der Waals surface area contributed by atoms with Crippen molar-refractivity contribution in [3.63, 3.8) is 0 Å². The molecule has 8 nitrogen and oxygen atoms in total. The van der Waals surface area contributed by atoms with Crippen LogP contribution in [0.2, 0.25) is 0 Å². The van der Waals surface area contributed by atoms with E-state index >= 15 is 0 Å². The molecule has 0 radical (unpaired) electrons. The molecule has 2 N–H and O–H groups in total. The van der Waals surface area contributed by atoms with Gasteiger partial charge in [-0.25, -0.2) is 18.4 Å². The quantitative estimate of drug-likeness (QED) is 0.823. The van der Waals surface area contributed by atoms with Gasteiger partial charge < -0.3 is 20.1 Å². The van der Waals surface area contributed by atoms with Crippen LogP contribution in [0.1, 0.15) is 12.0 Å². The molecule has 25 heavy (non-hydrogen) atoms. The summed E-state index contributed by atoms with van der Waals surface area (Å²) in [7, 11) is -2.92. The van der Waals surface area contributed by atoms with Crippen LogP contribution in [0.25, 0.3) is 0 Å². The lowest BCUT2D eigenvalue weighted by molar-refractivity contribution is 0.174. The van der Waals surface area contributed by atoms with E-state index in [0.29, 0.717) is 24.6 Å². The fraction of sp³-hybridized carbons (Fsp3) is 0.375. The first kappa shape index (κ1) is 15.9. The van der Waals surface area contributed by atoms with E-state index in [1.165, 1.54) is 6.33 Å². The molecule has 1 aromatic heterocycles. The van der Waals surface area contributed by atoms with Gasteiger partial charge in [-0.3, -0.25) is 0 Å². The van der Waals surface area contributed by atoms with E-state index in [4.69, 9.17) is 9.47 Å². The number of benzene rings is 1. The molecule has 1 fully saturated rings. The second kappa shape index (κ2) is 6.40. The Balaban J connectivity index is 1.38. The summed E-state index contributed by atoms with van der Waals surface area (Å²) in [4.78, 5) is 8.35. The van der Waals surface area contributed by atoms with Crippen LogP contribution in [0.5, 0.6) is 11.5 Å². The van der Waals surface area contributed by atoms with E-state index in [2.05, 4.69) is 20.6 Å². The zero-order chi connectivity index (χ0) is 17.3. The molecule has 0 spiro atoms. The van der Waals surface area contributed by atoms with Crippen LogP contribution in [0, 0.1) is 0 Å². The summed E-state index contributed by atoms with van der Waals surface area (Å²) < 4.78 is 33.7. The highest BCUT2D eigenvalue weighted by molar-refractivity contribution is 7.91. The van der Waals surface area contributed by atoms with E-state index < -0.39 is 9.84 Å². The van der Waals surface area contributed by atoms with Crippen LogP contribution in [-0.4, -0.2) is 42.7 Å². The predicted molar refractivity (Wildman–Crippen MR) is 92.6 cm³/mol. The standard InChI is InChI=1S/C16H18N4O4S/c21-25(22)4-3-12(8-25)20-16-6-15(18-9-19-16)17-7-11-1-2-13-14(5-11)24-10-23-13/h1-2,5-6,9,12H,3-4,7-8,10H2,(H2,17,18,19,20). The molecule has 1 saturated heterocycles. The molecule has 0 aliphatic carbocycles. The van der Waals surface area contributed by atoms with E-state index in [0.717, 1.165) is 17.1 Å². The zero-order valence-electron chi connectivity index (χ0n) is 13.4. The van der Waals surface area contributed by atoms with Gasteiger partial charge in [-0.2, -0.15) is 0 Å². The Morgan fingerprint density at radius 1 is 1.12 bits per heavy atom. The molecule has 1 atom stereocenters. The SMILES string of the molecule is O=S1(=O)CCC(Nc2cc(NCc3ccc4c(c3)OCO4)ncn2)C1. The molecule has 2 aliphatic heterocycles. The van der Waals surface area contributed by atoms with E-state index in [-0.39, 0.29) is 24.3 Å². The van der Waals surface area contributed by atoms with Gasteiger partial charge in [0.05, 0.1) is 11.5 Å². The highest BCUT2D eigenvalue weighted by Gasteiger charge is 2.27. The van der Waals surface area contributed by atoms with Gasteiger partial charge in [-0.15, -0.1) is 0 Å². The van der Waals surface area contributed by atoms with Gasteiger partial charge in [0.2, 0.25) is 6.79 Å². The molecule has 1 aromatic carbocycles. The third-order valence-electron chi connectivity index (χ3n) is 4.16. The number of fused-ring (bicyclic) bond motifs is 1. The number of hydrogen-bond acceptors (Lipinski definition) is 8. The van der Waals surface area contributed by atoms with Gasteiger partial charge >= 0.3 is 0 Å². The second-order valence-electron chi connectivity index (χ2n) is 6.07. The Hall–Kier alpha value is -2.55.